The number of nitrogens with zero attached hydrogens (tertiary/aromatic N) is 1. The van der Waals surface area contributed by atoms with Gasteiger partial charge in [0.1, 0.15) is 11.8 Å². The highest BCUT2D eigenvalue weighted by Gasteiger charge is 2.07. The molecule has 0 radical (unpaired) electrons. The average Bonchev–Trinajstić information content (AvgIpc) is 2.45. The number of rotatable bonds is 4. The monoisotopic (exact) mass is 272 g/mol. The van der Waals surface area contributed by atoms with E-state index in [1.54, 1.807) is 13.2 Å². The summed E-state index contributed by atoms with van der Waals surface area (Å²) in [7, 11) is 1.64. The van der Waals surface area contributed by atoms with Crippen molar-refractivity contribution >= 4 is 17.3 Å². The van der Waals surface area contributed by atoms with Gasteiger partial charge in [-0.05, 0) is 18.2 Å². The molecule has 0 saturated heterocycles. The van der Waals surface area contributed by atoms with Gasteiger partial charge < -0.3 is 10.1 Å². The molecule has 0 saturated carbocycles. The van der Waals surface area contributed by atoms with Crippen LogP contribution in [-0.2, 0) is 6.54 Å². The molecule has 0 atom stereocenters. The fraction of sp³-hybridized carbons (Fsp3) is 0.133. The third-order valence-corrected chi connectivity index (χ3v) is 3.10. The summed E-state index contributed by atoms with van der Waals surface area (Å²) < 4.78 is 5.28. The molecule has 0 aliphatic carbocycles. The van der Waals surface area contributed by atoms with Gasteiger partial charge in [-0.2, -0.15) is 5.26 Å². The molecule has 3 nitrogen and oxygen atoms in total. The van der Waals surface area contributed by atoms with Crippen LogP contribution in [0.1, 0.15) is 11.1 Å². The fourth-order valence-corrected chi connectivity index (χ4v) is 2.04. The number of hydrogen-bond donors (Lipinski definition) is 1. The topological polar surface area (TPSA) is 45.0 Å². The molecule has 96 valence electrons. The highest BCUT2D eigenvalue weighted by molar-refractivity contribution is 6.32. The first-order valence-corrected chi connectivity index (χ1v) is 6.18. The third kappa shape index (κ3) is 2.98. The Morgan fingerprint density at radius 3 is 2.74 bits per heavy atom. The van der Waals surface area contributed by atoms with Gasteiger partial charge in [0.2, 0.25) is 0 Å². The molecule has 0 amide bonds. The van der Waals surface area contributed by atoms with E-state index in [2.05, 4.69) is 11.4 Å². The lowest BCUT2D eigenvalue weighted by molar-refractivity contribution is 0.410. The van der Waals surface area contributed by atoms with Gasteiger partial charge in [0.05, 0.1) is 23.4 Å². The van der Waals surface area contributed by atoms with Crippen molar-refractivity contribution in [2.75, 3.05) is 12.4 Å². The summed E-state index contributed by atoms with van der Waals surface area (Å²) in [4.78, 5) is 0. The largest absolute Gasteiger partial charge is 0.496 e. The summed E-state index contributed by atoms with van der Waals surface area (Å²) in [5.74, 6) is 0.815. The molecular weight excluding hydrogens is 260 g/mol. The van der Waals surface area contributed by atoms with Crippen molar-refractivity contribution in [3.63, 3.8) is 0 Å². The Labute approximate surface area is 117 Å². The quantitative estimate of drug-likeness (QED) is 0.920. The van der Waals surface area contributed by atoms with E-state index < -0.39 is 0 Å². The fourth-order valence-electron chi connectivity index (χ4n) is 1.82. The lowest BCUT2D eigenvalue weighted by Crippen LogP contribution is -2.03. The van der Waals surface area contributed by atoms with E-state index >= 15 is 0 Å². The van der Waals surface area contributed by atoms with Gasteiger partial charge in [-0.25, -0.2) is 0 Å². The summed E-state index contributed by atoms with van der Waals surface area (Å²) >= 11 is 5.98. The molecule has 0 unspecified atom stereocenters. The van der Waals surface area contributed by atoms with Crippen LogP contribution in [0.25, 0.3) is 0 Å². The molecule has 0 aliphatic heterocycles. The number of anilines is 1. The SMILES string of the molecule is COc1ccccc1CNc1cccc(Cl)c1C#N. The predicted molar refractivity (Wildman–Crippen MR) is 76.5 cm³/mol. The molecule has 19 heavy (non-hydrogen) atoms. The molecule has 0 heterocycles. The highest BCUT2D eigenvalue weighted by Crippen LogP contribution is 2.25. The first-order valence-electron chi connectivity index (χ1n) is 5.80. The maximum absolute atomic E-state index is 9.10. The lowest BCUT2D eigenvalue weighted by Gasteiger charge is -2.11. The maximum atomic E-state index is 9.10. The Morgan fingerprint density at radius 1 is 1.21 bits per heavy atom. The zero-order chi connectivity index (χ0) is 13.7. The van der Waals surface area contributed by atoms with Crippen LogP contribution < -0.4 is 10.1 Å². The molecule has 0 spiro atoms. The normalized spacial score (nSPS) is 9.74. The molecule has 0 fully saturated rings. The summed E-state index contributed by atoms with van der Waals surface area (Å²) in [6.07, 6.45) is 0. The Hall–Kier alpha value is -2.18. The van der Waals surface area contributed by atoms with Crippen molar-refractivity contribution in [3.05, 3.63) is 58.6 Å². The van der Waals surface area contributed by atoms with Crippen molar-refractivity contribution in [1.82, 2.24) is 0 Å². The van der Waals surface area contributed by atoms with Crippen LogP contribution in [0.5, 0.6) is 5.75 Å². The predicted octanol–water partition coefficient (Wildman–Crippen LogP) is 3.83. The molecule has 2 rings (SSSR count). The van der Waals surface area contributed by atoms with E-state index in [9.17, 15) is 0 Å². The number of nitriles is 1. The minimum Gasteiger partial charge on any atom is -0.496 e. The second kappa shape index (κ2) is 6.12. The van der Waals surface area contributed by atoms with Crippen LogP contribution in [-0.4, -0.2) is 7.11 Å². The second-order valence-electron chi connectivity index (χ2n) is 3.94. The van der Waals surface area contributed by atoms with E-state index in [4.69, 9.17) is 21.6 Å². The lowest BCUT2D eigenvalue weighted by atomic mass is 10.1. The van der Waals surface area contributed by atoms with Crippen molar-refractivity contribution in [2.24, 2.45) is 0 Å². The van der Waals surface area contributed by atoms with E-state index in [1.807, 2.05) is 36.4 Å². The van der Waals surface area contributed by atoms with Gasteiger partial charge in [0.25, 0.3) is 0 Å². The first-order chi connectivity index (χ1) is 9.26. The van der Waals surface area contributed by atoms with Crippen molar-refractivity contribution in [2.45, 2.75) is 6.54 Å². The van der Waals surface area contributed by atoms with Crippen LogP contribution in [0.4, 0.5) is 5.69 Å². The highest BCUT2D eigenvalue weighted by atomic mass is 35.5. The number of methoxy groups -OCH3 is 1. The van der Waals surface area contributed by atoms with Crippen LogP contribution in [0.2, 0.25) is 5.02 Å². The summed E-state index contributed by atoms with van der Waals surface area (Å²) in [5, 5.41) is 12.8. The molecule has 1 N–H and O–H groups in total. The molecular formula is C15H13ClN2O. The minimum atomic E-state index is 0.451. The molecule has 2 aromatic carbocycles. The Morgan fingerprint density at radius 2 is 2.00 bits per heavy atom. The molecule has 4 heteroatoms. The zero-order valence-electron chi connectivity index (χ0n) is 10.5. The van der Waals surface area contributed by atoms with Gasteiger partial charge in [-0.3, -0.25) is 0 Å². The number of halogens is 1. The first kappa shape index (κ1) is 13.3. The van der Waals surface area contributed by atoms with E-state index in [0.29, 0.717) is 17.1 Å². The standard InChI is InChI=1S/C15H13ClN2O/c1-19-15-8-3-2-5-11(15)10-18-14-7-4-6-13(16)12(14)9-17/h2-8,18H,10H2,1H3. The van der Waals surface area contributed by atoms with Crippen LogP contribution >= 0.6 is 11.6 Å². The second-order valence-corrected chi connectivity index (χ2v) is 4.35. The van der Waals surface area contributed by atoms with Crippen LogP contribution in [0.3, 0.4) is 0 Å². The van der Waals surface area contributed by atoms with Crippen LogP contribution in [0.15, 0.2) is 42.5 Å². The number of nitrogens with one attached hydrogen (secondary N) is 1. The van der Waals surface area contributed by atoms with Gasteiger partial charge >= 0.3 is 0 Å². The van der Waals surface area contributed by atoms with Crippen LogP contribution in [0, 0.1) is 11.3 Å². The Balaban J connectivity index is 2.20. The Kier molecular flexibility index (Phi) is 4.27. The van der Waals surface area contributed by atoms with Crippen molar-refractivity contribution in [3.8, 4) is 11.8 Å². The van der Waals surface area contributed by atoms with Gasteiger partial charge in [0, 0.05) is 12.1 Å². The smallest absolute Gasteiger partial charge is 0.123 e. The summed E-state index contributed by atoms with van der Waals surface area (Å²) in [6, 6.07) is 15.2. The van der Waals surface area contributed by atoms with Crippen molar-refractivity contribution < 1.29 is 4.74 Å². The molecule has 0 bridgehead atoms. The third-order valence-electron chi connectivity index (χ3n) is 2.79. The maximum Gasteiger partial charge on any atom is 0.123 e. The Bertz CT molecular complexity index is 620. The van der Waals surface area contributed by atoms with E-state index in [1.165, 1.54) is 0 Å². The zero-order valence-corrected chi connectivity index (χ0v) is 11.2. The average molecular weight is 273 g/mol. The molecule has 2 aromatic rings. The van der Waals surface area contributed by atoms with E-state index in [0.717, 1.165) is 17.0 Å². The van der Waals surface area contributed by atoms with Gasteiger partial charge in [-0.15, -0.1) is 0 Å². The minimum absolute atomic E-state index is 0.451. The number of hydrogen-bond acceptors (Lipinski definition) is 3. The molecule has 0 aliphatic rings. The van der Waals surface area contributed by atoms with Gasteiger partial charge in [-0.1, -0.05) is 35.9 Å². The number of ether oxygens (including phenoxy) is 1. The van der Waals surface area contributed by atoms with E-state index in [-0.39, 0.29) is 0 Å². The number of para-hydroxylation sites is 1. The van der Waals surface area contributed by atoms with Crippen molar-refractivity contribution in [1.29, 1.82) is 5.26 Å². The summed E-state index contributed by atoms with van der Waals surface area (Å²) in [5.41, 5.74) is 2.20. The molecule has 0 aromatic heterocycles. The van der Waals surface area contributed by atoms with Gasteiger partial charge in [0.15, 0.2) is 0 Å². The summed E-state index contributed by atoms with van der Waals surface area (Å²) in [6.45, 7) is 0.568. The number of benzene rings is 2.